The molecule has 2 aromatic carbocycles. The molecule has 2 N–H and O–H groups in total. The van der Waals surface area contributed by atoms with E-state index >= 15 is 0 Å². The van der Waals surface area contributed by atoms with E-state index in [2.05, 4.69) is 40.9 Å². The van der Waals surface area contributed by atoms with Gasteiger partial charge < -0.3 is 9.71 Å². The fourth-order valence-electron chi connectivity index (χ4n) is 2.11. The molecule has 3 nitrogen and oxygen atoms in total. The molecule has 3 rings (SSSR count). The van der Waals surface area contributed by atoms with E-state index in [-0.39, 0.29) is 0 Å². The Morgan fingerprint density at radius 2 is 1.80 bits per heavy atom. The number of nitrogens with one attached hydrogen (secondary N) is 2. The summed E-state index contributed by atoms with van der Waals surface area (Å²) >= 11 is 1.32. The third kappa shape index (κ3) is 4.88. The number of aromatic amines is 1. The zero-order valence-corrected chi connectivity index (χ0v) is 15.2. The highest BCUT2D eigenvalue weighted by molar-refractivity contribution is 8.00. The van der Waals surface area contributed by atoms with E-state index in [0.717, 1.165) is 16.2 Å². The maximum atomic E-state index is 13.8. The molecule has 1 heterocycles. The van der Waals surface area contributed by atoms with Gasteiger partial charge >= 0.3 is 0 Å². The van der Waals surface area contributed by atoms with Crippen LogP contribution >= 0.6 is 11.9 Å². The van der Waals surface area contributed by atoms with E-state index in [0.29, 0.717) is 11.3 Å². The molecule has 0 saturated carbocycles. The SMILES string of the molecule is CC.Cc1ccc(-c2cc(SNc3ccc(C#N)cc3F)c[nH]2)cc1. The lowest BCUT2D eigenvalue weighted by Crippen LogP contribution is -1.91. The van der Waals surface area contributed by atoms with Crippen molar-refractivity contribution in [1.29, 1.82) is 5.26 Å². The zero-order valence-electron chi connectivity index (χ0n) is 14.4. The number of aromatic nitrogens is 1. The summed E-state index contributed by atoms with van der Waals surface area (Å²) in [6.07, 6.45) is 1.87. The van der Waals surface area contributed by atoms with Gasteiger partial charge in [-0.1, -0.05) is 43.7 Å². The lowest BCUT2D eigenvalue weighted by atomic mass is 10.1. The van der Waals surface area contributed by atoms with Crippen LogP contribution in [0.25, 0.3) is 11.3 Å². The Balaban J connectivity index is 0.00000109. The third-order valence-corrected chi connectivity index (χ3v) is 4.19. The fourth-order valence-corrected chi connectivity index (χ4v) is 2.80. The molecule has 0 amide bonds. The number of benzene rings is 2. The summed E-state index contributed by atoms with van der Waals surface area (Å²) in [6, 6.07) is 16.5. The largest absolute Gasteiger partial charge is 0.360 e. The van der Waals surface area contributed by atoms with Crippen molar-refractivity contribution < 1.29 is 4.39 Å². The van der Waals surface area contributed by atoms with Crippen molar-refractivity contribution in [1.82, 2.24) is 4.98 Å². The normalized spacial score (nSPS) is 9.72. The Morgan fingerprint density at radius 1 is 1.08 bits per heavy atom. The van der Waals surface area contributed by atoms with E-state index in [1.165, 1.54) is 23.6 Å². The maximum Gasteiger partial charge on any atom is 0.148 e. The van der Waals surface area contributed by atoms with Crippen LogP contribution in [0.4, 0.5) is 10.1 Å². The van der Waals surface area contributed by atoms with Gasteiger partial charge in [-0.05, 0) is 48.7 Å². The second-order valence-corrected chi connectivity index (χ2v) is 6.01. The van der Waals surface area contributed by atoms with Gasteiger partial charge in [-0.2, -0.15) is 5.26 Å². The molecule has 5 heteroatoms. The number of halogens is 1. The minimum atomic E-state index is -0.439. The van der Waals surface area contributed by atoms with Crippen LogP contribution in [0, 0.1) is 24.1 Å². The number of hydrogen-bond acceptors (Lipinski definition) is 3. The molecule has 3 aromatic rings. The van der Waals surface area contributed by atoms with E-state index < -0.39 is 5.82 Å². The molecule has 0 saturated heterocycles. The van der Waals surface area contributed by atoms with Crippen LogP contribution in [0.3, 0.4) is 0 Å². The Hall–Kier alpha value is -2.71. The molecule has 0 radical (unpaired) electrons. The van der Waals surface area contributed by atoms with Crippen LogP contribution in [0.2, 0.25) is 0 Å². The first-order valence-corrected chi connectivity index (χ1v) is 8.85. The Morgan fingerprint density at radius 3 is 2.44 bits per heavy atom. The van der Waals surface area contributed by atoms with Gasteiger partial charge in [-0.25, -0.2) is 4.39 Å². The summed E-state index contributed by atoms with van der Waals surface area (Å²) in [6.45, 7) is 6.05. The molecule has 25 heavy (non-hydrogen) atoms. The highest BCUT2D eigenvalue weighted by atomic mass is 32.2. The molecule has 0 aliphatic heterocycles. The number of rotatable bonds is 4. The summed E-state index contributed by atoms with van der Waals surface area (Å²) in [5, 5.41) is 8.74. The molecule has 0 aliphatic carbocycles. The topological polar surface area (TPSA) is 51.6 Å². The van der Waals surface area contributed by atoms with Crippen LogP contribution in [0.5, 0.6) is 0 Å². The van der Waals surface area contributed by atoms with Crippen LogP contribution in [-0.2, 0) is 0 Å². The van der Waals surface area contributed by atoms with Gasteiger partial charge in [0.25, 0.3) is 0 Å². The van der Waals surface area contributed by atoms with Crippen molar-refractivity contribution in [2.24, 2.45) is 0 Å². The highest BCUT2D eigenvalue weighted by Gasteiger charge is 2.06. The Bertz CT molecular complexity index is 863. The van der Waals surface area contributed by atoms with Crippen LogP contribution in [0.1, 0.15) is 25.0 Å². The van der Waals surface area contributed by atoms with E-state index in [1.54, 1.807) is 12.1 Å². The summed E-state index contributed by atoms with van der Waals surface area (Å²) in [5.74, 6) is -0.439. The smallest absolute Gasteiger partial charge is 0.148 e. The lowest BCUT2D eigenvalue weighted by molar-refractivity contribution is 0.632. The Labute approximate surface area is 152 Å². The first-order chi connectivity index (χ1) is 12.2. The van der Waals surface area contributed by atoms with Gasteiger partial charge in [0, 0.05) is 16.8 Å². The van der Waals surface area contributed by atoms with Crippen LogP contribution < -0.4 is 4.72 Å². The summed E-state index contributed by atoms with van der Waals surface area (Å²) in [5.41, 5.74) is 3.99. The first kappa shape index (κ1) is 18.6. The van der Waals surface area contributed by atoms with Crippen LogP contribution in [0.15, 0.2) is 59.6 Å². The molecule has 0 aliphatic rings. The molecule has 0 unspecified atom stereocenters. The predicted octanol–water partition coefficient (Wildman–Crippen LogP) is 6.15. The van der Waals surface area contributed by atoms with E-state index in [4.69, 9.17) is 5.26 Å². The highest BCUT2D eigenvalue weighted by Crippen LogP contribution is 2.27. The monoisotopic (exact) mass is 353 g/mol. The number of nitrogens with zero attached hydrogens (tertiary/aromatic N) is 1. The molecule has 0 atom stereocenters. The second-order valence-electron chi connectivity index (χ2n) is 5.13. The second kappa shape index (κ2) is 8.95. The number of aryl methyl sites for hydroxylation is 1. The number of nitriles is 1. The lowest BCUT2D eigenvalue weighted by Gasteiger charge is -2.05. The predicted molar refractivity (Wildman–Crippen MR) is 103 cm³/mol. The van der Waals surface area contributed by atoms with Gasteiger partial charge in [0.05, 0.1) is 17.3 Å². The van der Waals surface area contributed by atoms with Gasteiger partial charge in [-0.15, -0.1) is 0 Å². The fraction of sp³-hybridized carbons (Fsp3) is 0.150. The third-order valence-electron chi connectivity index (χ3n) is 3.40. The van der Waals surface area contributed by atoms with Crippen molar-refractivity contribution in [2.75, 3.05) is 4.72 Å². The quantitative estimate of drug-likeness (QED) is 0.553. The van der Waals surface area contributed by atoms with Crippen molar-refractivity contribution >= 4 is 17.6 Å². The molecule has 128 valence electrons. The maximum absolute atomic E-state index is 13.8. The van der Waals surface area contributed by atoms with Gasteiger partial charge in [0.2, 0.25) is 0 Å². The number of hydrogen-bond donors (Lipinski definition) is 2. The molecular weight excluding hydrogens is 333 g/mol. The van der Waals surface area contributed by atoms with Gasteiger partial charge in [-0.3, -0.25) is 0 Å². The van der Waals surface area contributed by atoms with Crippen molar-refractivity contribution in [3.05, 3.63) is 71.7 Å². The summed E-state index contributed by atoms with van der Waals surface area (Å²) < 4.78 is 16.8. The van der Waals surface area contributed by atoms with Crippen molar-refractivity contribution in [3.63, 3.8) is 0 Å². The van der Waals surface area contributed by atoms with Crippen LogP contribution in [-0.4, -0.2) is 4.98 Å². The zero-order chi connectivity index (χ0) is 18.2. The standard InChI is InChI=1S/C18H14FN3S.C2H6/c1-12-2-5-14(6-3-12)18-9-15(11-21-18)23-22-17-7-4-13(10-20)8-16(17)19;1-2/h2-9,11,21-22H,1H3;1-2H3. The van der Waals surface area contributed by atoms with Crippen molar-refractivity contribution in [2.45, 2.75) is 25.7 Å². The molecule has 0 fully saturated rings. The number of anilines is 1. The van der Waals surface area contributed by atoms with Gasteiger partial charge in [0.1, 0.15) is 5.82 Å². The minimum absolute atomic E-state index is 0.307. The summed E-state index contributed by atoms with van der Waals surface area (Å²) in [7, 11) is 0. The first-order valence-electron chi connectivity index (χ1n) is 8.03. The van der Waals surface area contributed by atoms with Crippen molar-refractivity contribution in [3.8, 4) is 17.3 Å². The number of H-pyrrole nitrogens is 1. The molecular formula is C20H20FN3S. The van der Waals surface area contributed by atoms with Gasteiger partial charge in [0.15, 0.2) is 0 Å². The molecule has 0 bridgehead atoms. The molecule has 0 spiro atoms. The van der Waals surface area contributed by atoms with E-state index in [1.807, 2.05) is 32.2 Å². The Kier molecular flexibility index (Phi) is 6.67. The summed E-state index contributed by atoms with van der Waals surface area (Å²) in [4.78, 5) is 4.16. The minimum Gasteiger partial charge on any atom is -0.360 e. The average Bonchev–Trinajstić information content (AvgIpc) is 3.12. The average molecular weight is 353 g/mol. The van der Waals surface area contributed by atoms with E-state index in [9.17, 15) is 4.39 Å². The molecule has 1 aromatic heterocycles.